The Morgan fingerprint density at radius 1 is 1.31 bits per heavy atom. The molecule has 1 unspecified atom stereocenters. The molecule has 3 amide bonds. The van der Waals surface area contributed by atoms with Crippen LogP contribution in [0.3, 0.4) is 0 Å². The van der Waals surface area contributed by atoms with E-state index in [1.165, 1.54) is 0 Å². The highest BCUT2D eigenvalue weighted by Gasteiger charge is 2.29. The van der Waals surface area contributed by atoms with Gasteiger partial charge in [0.25, 0.3) is 0 Å². The Kier molecular flexibility index (Phi) is 8.61. The first-order valence-electron chi connectivity index (χ1n) is 7.60. The molecule has 0 saturated carbocycles. The molecule has 2 rings (SSSR count). The Morgan fingerprint density at radius 3 is 2.65 bits per heavy atom. The van der Waals surface area contributed by atoms with Crippen molar-refractivity contribution in [2.75, 3.05) is 32.7 Å². The van der Waals surface area contributed by atoms with Gasteiger partial charge in [0.1, 0.15) is 6.54 Å². The van der Waals surface area contributed by atoms with Crippen LogP contribution in [0, 0.1) is 0 Å². The number of alkyl halides is 3. The predicted octanol–water partition coefficient (Wildman–Crippen LogP) is 2.10. The summed E-state index contributed by atoms with van der Waals surface area (Å²) < 4.78 is 36.1. The number of nitrogens with zero attached hydrogens (tertiary/aromatic N) is 1. The van der Waals surface area contributed by atoms with Crippen molar-refractivity contribution >= 4 is 35.9 Å². The van der Waals surface area contributed by atoms with Gasteiger partial charge in [0, 0.05) is 30.7 Å². The van der Waals surface area contributed by atoms with Crippen LogP contribution in [0.15, 0.2) is 24.3 Å². The van der Waals surface area contributed by atoms with Crippen LogP contribution in [0.1, 0.15) is 11.6 Å². The molecule has 1 atom stereocenters. The van der Waals surface area contributed by atoms with Gasteiger partial charge in [-0.15, -0.1) is 12.4 Å². The molecule has 1 saturated heterocycles. The molecular weight excluding hydrogens is 396 g/mol. The van der Waals surface area contributed by atoms with Gasteiger partial charge in [0.2, 0.25) is 5.91 Å². The molecule has 0 aliphatic carbocycles. The zero-order valence-electron chi connectivity index (χ0n) is 13.6. The maximum Gasteiger partial charge on any atom is 0.405 e. The van der Waals surface area contributed by atoms with E-state index in [9.17, 15) is 22.8 Å². The molecule has 11 heteroatoms. The Morgan fingerprint density at radius 2 is 2.00 bits per heavy atom. The van der Waals surface area contributed by atoms with Crippen LogP contribution in [0.2, 0.25) is 5.02 Å². The first kappa shape index (κ1) is 22.5. The van der Waals surface area contributed by atoms with Crippen LogP contribution in [-0.2, 0) is 4.79 Å². The third kappa shape index (κ3) is 6.99. The van der Waals surface area contributed by atoms with Crippen molar-refractivity contribution in [1.82, 2.24) is 20.9 Å². The fraction of sp³-hybridized carbons (Fsp3) is 0.467. The zero-order valence-corrected chi connectivity index (χ0v) is 15.2. The second-order valence-corrected chi connectivity index (χ2v) is 5.97. The van der Waals surface area contributed by atoms with Gasteiger partial charge >= 0.3 is 12.2 Å². The Bertz CT molecular complexity index is 631. The fourth-order valence-corrected chi connectivity index (χ4v) is 2.82. The zero-order chi connectivity index (χ0) is 18.4. The van der Waals surface area contributed by atoms with Crippen LogP contribution in [-0.4, -0.2) is 55.7 Å². The quantitative estimate of drug-likeness (QED) is 0.705. The van der Waals surface area contributed by atoms with Gasteiger partial charge in [-0.2, -0.15) is 13.2 Å². The van der Waals surface area contributed by atoms with Crippen LogP contribution >= 0.6 is 24.0 Å². The molecule has 0 bridgehead atoms. The highest BCUT2D eigenvalue weighted by Crippen LogP contribution is 2.28. The van der Waals surface area contributed by atoms with E-state index in [-0.39, 0.29) is 25.0 Å². The molecule has 6 nitrogen and oxygen atoms in total. The van der Waals surface area contributed by atoms with E-state index in [2.05, 4.69) is 5.32 Å². The maximum absolute atomic E-state index is 12.0. The number of halogens is 5. The Hall–Kier alpha value is -1.55. The third-order valence-electron chi connectivity index (χ3n) is 3.67. The van der Waals surface area contributed by atoms with E-state index < -0.39 is 24.7 Å². The predicted molar refractivity (Wildman–Crippen MR) is 93.5 cm³/mol. The van der Waals surface area contributed by atoms with Crippen molar-refractivity contribution in [2.45, 2.75) is 12.2 Å². The monoisotopic (exact) mass is 414 g/mol. The Balaban J connectivity index is 0.00000338. The highest BCUT2D eigenvalue weighted by atomic mass is 35.5. The maximum atomic E-state index is 12.0. The normalized spacial score (nSPS) is 17.9. The number of rotatable bonds is 4. The lowest BCUT2D eigenvalue weighted by molar-refractivity contribution is -0.125. The van der Waals surface area contributed by atoms with Gasteiger partial charge in [-0.05, 0) is 11.6 Å². The summed E-state index contributed by atoms with van der Waals surface area (Å²) >= 11 is 6.20. The summed E-state index contributed by atoms with van der Waals surface area (Å²) in [6, 6.07) is 5.87. The van der Waals surface area contributed by atoms with Gasteiger partial charge in [-0.3, -0.25) is 15.0 Å². The number of nitrogens with one attached hydrogen (secondary N) is 3. The summed E-state index contributed by atoms with van der Waals surface area (Å²) in [6.07, 6.45) is -4.53. The SMILES string of the molecule is Cl.O=C(CN1CCNCC1c1ccccc1Cl)NC(=O)NCC(F)(F)F. The number of piperazine rings is 1. The van der Waals surface area contributed by atoms with Crippen LogP contribution < -0.4 is 16.0 Å². The number of urea groups is 1. The van der Waals surface area contributed by atoms with Crippen molar-refractivity contribution in [3.63, 3.8) is 0 Å². The molecule has 3 N–H and O–H groups in total. The lowest BCUT2D eigenvalue weighted by Crippen LogP contribution is -2.51. The largest absolute Gasteiger partial charge is 0.405 e. The van der Waals surface area contributed by atoms with Crippen LogP contribution in [0.5, 0.6) is 0 Å². The summed E-state index contributed by atoms with van der Waals surface area (Å²) in [4.78, 5) is 25.1. The van der Waals surface area contributed by atoms with Crippen LogP contribution in [0.4, 0.5) is 18.0 Å². The first-order chi connectivity index (χ1) is 11.8. The molecular formula is C15H19Cl2F3N4O2. The topological polar surface area (TPSA) is 73.5 Å². The molecule has 1 aliphatic heterocycles. The van der Waals surface area contributed by atoms with E-state index in [0.717, 1.165) is 5.56 Å². The fourth-order valence-electron chi connectivity index (χ4n) is 2.56. The summed E-state index contributed by atoms with van der Waals surface area (Å²) in [7, 11) is 0. The van der Waals surface area contributed by atoms with Gasteiger partial charge in [-0.1, -0.05) is 29.8 Å². The van der Waals surface area contributed by atoms with Gasteiger partial charge in [0.15, 0.2) is 0 Å². The van der Waals surface area contributed by atoms with E-state index in [0.29, 0.717) is 24.7 Å². The summed E-state index contributed by atoms with van der Waals surface area (Å²) in [5.74, 6) is -0.682. The number of hydrogen-bond acceptors (Lipinski definition) is 4. The third-order valence-corrected chi connectivity index (χ3v) is 4.01. The van der Waals surface area contributed by atoms with Crippen molar-refractivity contribution < 1.29 is 22.8 Å². The van der Waals surface area contributed by atoms with Gasteiger partial charge < -0.3 is 10.6 Å². The molecule has 0 radical (unpaired) electrons. The van der Waals surface area contributed by atoms with Gasteiger partial charge in [0.05, 0.1) is 6.54 Å². The molecule has 1 aromatic rings. The molecule has 1 aromatic carbocycles. The minimum atomic E-state index is -4.53. The number of benzene rings is 1. The van der Waals surface area contributed by atoms with Crippen molar-refractivity contribution in [2.24, 2.45) is 0 Å². The minimum Gasteiger partial charge on any atom is -0.329 e. The number of hydrogen-bond donors (Lipinski definition) is 3. The molecule has 26 heavy (non-hydrogen) atoms. The lowest BCUT2D eigenvalue weighted by atomic mass is 10.0. The summed E-state index contributed by atoms with van der Waals surface area (Å²) in [5, 5.41) is 7.26. The molecule has 146 valence electrons. The minimum absolute atomic E-state index is 0. The molecule has 0 aromatic heterocycles. The van der Waals surface area contributed by atoms with Crippen molar-refractivity contribution in [1.29, 1.82) is 0 Å². The number of imide groups is 1. The molecule has 1 heterocycles. The van der Waals surface area contributed by atoms with Crippen molar-refractivity contribution in [3.8, 4) is 0 Å². The van der Waals surface area contributed by atoms with Crippen molar-refractivity contribution in [3.05, 3.63) is 34.9 Å². The molecule has 1 fully saturated rings. The smallest absolute Gasteiger partial charge is 0.329 e. The van der Waals surface area contributed by atoms with Crippen LogP contribution in [0.25, 0.3) is 0 Å². The Labute approximate surface area is 159 Å². The standard InChI is InChI=1S/C15H18ClF3N4O2.ClH/c16-11-4-2-1-3-10(11)12-7-20-5-6-23(12)8-13(24)22-14(25)21-9-15(17,18)19;/h1-4,12,20H,5-9H2,(H2,21,22,24,25);1H. The highest BCUT2D eigenvalue weighted by molar-refractivity contribution is 6.31. The van der Waals surface area contributed by atoms with E-state index in [1.807, 2.05) is 22.3 Å². The van der Waals surface area contributed by atoms with E-state index in [1.54, 1.807) is 17.4 Å². The summed E-state index contributed by atoms with van der Waals surface area (Å²) in [5.41, 5.74) is 0.839. The number of carbonyl (C=O) groups is 2. The average Bonchev–Trinajstić information content (AvgIpc) is 2.53. The second-order valence-electron chi connectivity index (χ2n) is 5.56. The van der Waals surface area contributed by atoms with Gasteiger partial charge in [-0.25, -0.2) is 4.79 Å². The molecule has 1 aliphatic rings. The first-order valence-corrected chi connectivity index (χ1v) is 7.97. The van der Waals surface area contributed by atoms with E-state index in [4.69, 9.17) is 11.6 Å². The average molecular weight is 415 g/mol. The number of amides is 3. The van der Waals surface area contributed by atoms with E-state index >= 15 is 0 Å². The summed E-state index contributed by atoms with van der Waals surface area (Å²) in [6.45, 7) is 0.123. The molecule has 0 spiro atoms. The number of carbonyl (C=O) groups excluding carboxylic acids is 2. The second kappa shape index (κ2) is 9.96. The lowest BCUT2D eigenvalue weighted by Gasteiger charge is -2.36.